The molecular weight excluding hydrogens is 254 g/mol. The van der Waals surface area contributed by atoms with Gasteiger partial charge in [-0.25, -0.2) is 0 Å². The lowest BCUT2D eigenvalue weighted by molar-refractivity contribution is 0.420. The van der Waals surface area contributed by atoms with Crippen LogP contribution in [0.5, 0.6) is 0 Å². The number of hydrogen-bond acceptors (Lipinski definition) is 2. The van der Waals surface area contributed by atoms with Crippen LogP contribution in [-0.4, -0.2) is 6.54 Å². The summed E-state index contributed by atoms with van der Waals surface area (Å²) in [6.07, 6.45) is 2.45. The van der Waals surface area contributed by atoms with Crippen LogP contribution in [-0.2, 0) is 5.41 Å². The maximum absolute atomic E-state index is 10.5. The molecule has 1 aliphatic carbocycles. The molecule has 0 radical (unpaired) electrons. The van der Waals surface area contributed by atoms with Crippen LogP contribution in [0.15, 0.2) is 33.9 Å². The lowest BCUT2D eigenvalue weighted by atomic mass is 9.78. The van der Waals surface area contributed by atoms with Crippen LogP contribution < -0.4 is 0 Å². The maximum atomic E-state index is 10.5. The van der Waals surface area contributed by atoms with Gasteiger partial charge in [-0.2, -0.15) is 4.91 Å². The molecule has 0 N–H and O–H groups in total. The Hall–Kier alpha value is -0.700. The lowest BCUT2D eigenvalue weighted by Crippen LogP contribution is -2.28. The molecule has 0 saturated heterocycles. The summed E-state index contributed by atoms with van der Waals surface area (Å²) in [4.78, 5) is 10.5. The van der Waals surface area contributed by atoms with E-state index in [0.717, 1.165) is 4.47 Å². The normalized spacial score (nSPS) is 19.6. The number of benzene rings is 1. The molecule has 1 aliphatic rings. The molecule has 0 aliphatic heterocycles. The zero-order chi connectivity index (χ0) is 10.9. The van der Waals surface area contributed by atoms with Gasteiger partial charge in [-0.1, -0.05) is 40.2 Å². The molecule has 1 saturated carbocycles. The quantitative estimate of drug-likeness (QED) is 0.762. The highest BCUT2D eigenvalue weighted by atomic mass is 79.9. The minimum Gasteiger partial charge on any atom is -0.151 e. The van der Waals surface area contributed by atoms with E-state index in [-0.39, 0.29) is 5.41 Å². The molecule has 0 aromatic heterocycles. The van der Waals surface area contributed by atoms with Crippen molar-refractivity contribution < 1.29 is 0 Å². The average Bonchev–Trinajstić information content (AvgIpc) is 3.02. The molecule has 15 heavy (non-hydrogen) atoms. The van der Waals surface area contributed by atoms with E-state index < -0.39 is 0 Å². The van der Waals surface area contributed by atoms with Gasteiger partial charge in [0, 0.05) is 9.89 Å². The van der Waals surface area contributed by atoms with Crippen LogP contribution in [0.3, 0.4) is 0 Å². The van der Waals surface area contributed by atoms with Gasteiger partial charge in [0.05, 0.1) is 6.54 Å². The molecule has 1 aromatic rings. The van der Waals surface area contributed by atoms with Gasteiger partial charge in [-0.3, -0.25) is 0 Å². The van der Waals surface area contributed by atoms with Crippen LogP contribution in [0.1, 0.15) is 25.3 Å². The third kappa shape index (κ3) is 2.12. The van der Waals surface area contributed by atoms with E-state index in [4.69, 9.17) is 0 Å². The summed E-state index contributed by atoms with van der Waals surface area (Å²) >= 11 is 3.42. The molecule has 80 valence electrons. The van der Waals surface area contributed by atoms with Gasteiger partial charge in [0.2, 0.25) is 0 Å². The molecule has 3 heteroatoms. The van der Waals surface area contributed by atoms with E-state index in [1.165, 1.54) is 18.4 Å². The predicted molar refractivity (Wildman–Crippen MR) is 64.9 cm³/mol. The zero-order valence-corrected chi connectivity index (χ0v) is 10.3. The van der Waals surface area contributed by atoms with Gasteiger partial charge in [0.1, 0.15) is 0 Å². The molecule has 2 nitrogen and oxygen atoms in total. The van der Waals surface area contributed by atoms with Crippen LogP contribution in [0.4, 0.5) is 0 Å². The number of halogens is 1. The van der Waals surface area contributed by atoms with Gasteiger partial charge in [0.25, 0.3) is 0 Å². The Kier molecular flexibility index (Phi) is 2.91. The molecule has 2 rings (SSSR count). The zero-order valence-electron chi connectivity index (χ0n) is 8.74. The van der Waals surface area contributed by atoms with E-state index in [9.17, 15) is 4.91 Å². The van der Waals surface area contributed by atoms with Crippen molar-refractivity contribution in [2.24, 2.45) is 11.1 Å². The van der Waals surface area contributed by atoms with Crippen LogP contribution in [0.2, 0.25) is 0 Å². The lowest BCUT2D eigenvalue weighted by Gasteiger charge is -2.27. The first-order valence-corrected chi connectivity index (χ1v) is 6.01. The number of nitrogens with zero attached hydrogens (tertiary/aromatic N) is 1. The highest BCUT2D eigenvalue weighted by Crippen LogP contribution is 2.47. The first kappa shape index (κ1) is 10.8. The Bertz CT molecular complexity index is 358. The first-order chi connectivity index (χ1) is 7.16. The first-order valence-electron chi connectivity index (χ1n) is 5.22. The Balaban J connectivity index is 2.31. The molecule has 0 heterocycles. The monoisotopic (exact) mass is 267 g/mol. The Morgan fingerprint density at radius 3 is 2.47 bits per heavy atom. The molecule has 1 unspecified atom stereocenters. The standard InChI is InChI=1S/C12H14BrNO/c1-12(8-14-15,9-2-3-9)10-4-6-11(13)7-5-10/h4-7,9H,2-3,8H2,1H3. The molecule has 1 aromatic carbocycles. The topological polar surface area (TPSA) is 29.4 Å². The van der Waals surface area contributed by atoms with Crippen molar-refractivity contribution in [1.29, 1.82) is 0 Å². The van der Waals surface area contributed by atoms with Gasteiger partial charge in [-0.15, -0.1) is 0 Å². The summed E-state index contributed by atoms with van der Waals surface area (Å²) in [6, 6.07) is 8.24. The maximum Gasteiger partial charge on any atom is 0.0907 e. The Morgan fingerprint density at radius 1 is 1.40 bits per heavy atom. The van der Waals surface area contributed by atoms with Crippen molar-refractivity contribution in [2.45, 2.75) is 25.2 Å². The predicted octanol–water partition coefficient (Wildman–Crippen LogP) is 3.88. The second-order valence-electron chi connectivity index (χ2n) is 4.49. The summed E-state index contributed by atoms with van der Waals surface area (Å²) in [5.41, 5.74) is 1.18. The summed E-state index contributed by atoms with van der Waals surface area (Å²) in [6.45, 7) is 2.54. The summed E-state index contributed by atoms with van der Waals surface area (Å²) < 4.78 is 1.07. The van der Waals surface area contributed by atoms with E-state index >= 15 is 0 Å². The third-order valence-electron chi connectivity index (χ3n) is 3.38. The summed E-state index contributed by atoms with van der Waals surface area (Å²) in [5.74, 6) is 0.636. The van der Waals surface area contributed by atoms with Gasteiger partial charge in [0.15, 0.2) is 0 Å². The number of rotatable bonds is 4. The van der Waals surface area contributed by atoms with Crippen molar-refractivity contribution in [3.05, 3.63) is 39.2 Å². The largest absolute Gasteiger partial charge is 0.151 e. The summed E-state index contributed by atoms with van der Waals surface area (Å²) in [5, 5.41) is 3.11. The van der Waals surface area contributed by atoms with Crippen molar-refractivity contribution in [3.63, 3.8) is 0 Å². The molecule has 0 bridgehead atoms. The molecule has 0 amide bonds. The minimum atomic E-state index is -0.0531. The smallest absolute Gasteiger partial charge is 0.0907 e. The average molecular weight is 268 g/mol. The fraction of sp³-hybridized carbons (Fsp3) is 0.500. The van der Waals surface area contributed by atoms with Crippen molar-refractivity contribution in [3.8, 4) is 0 Å². The van der Waals surface area contributed by atoms with Crippen molar-refractivity contribution in [1.82, 2.24) is 0 Å². The molecule has 1 atom stereocenters. The second kappa shape index (κ2) is 4.05. The van der Waals surface area contributed by atoms with Crippen LogP contribution in [0, 0.1) is 10.8 Å². The Labute approximate surface area is 98.2 Å². The minimum absolute atomic E-state index is 0.0531. The molecular formula is C12H14BrNO. The van der Waals surface area contributed by atoms with Gasteiger partial charge in [-0.05, 0) is 36.5 Å². The van der Waals surface area contributed by atoms with E-state index in [2.05, 4.69) is 40.2 Å². The SMILES string of the molecule is CC(CN=O)(c1ccc(Br)cc1)C1CC1. The van der Waals surface area contributed by atoms with Gasteiger partial charge < -0.3 is 0 Å². The number of hydrogen-bond donors (Lipinski definition) is 0. The fourth-order valence-corrected chi connectivity index (χ4v) is 2.41. The highest BCUT2D eigenvalue weighted by Gasteiger charge is 2.42. The van der Waals surface area contributed by atoms with E-state index in [0.29, 0.717) is 12.5 Å². The van der Waals surface area contributed by atoms with E-state index in [1.807, 2.05) is 12.1 Å². The second-order valence-corrected chi connectivity index (χ2v) is 5.40. The van der Waals surface area contributed by atoms with Gasteiger partial charge >= 0.3 is 0 Å². The number of nitroso groups, excluding NO2 is 1. The third-order valence-corrected chi connectivity index (χ3v) is 3.90. The molecule has 0 spiro atoms. The Morgan fingerprint density at radius 2 is 2.00 bits per heavy atom. The van der Waals surface area contributed by atoms with Crippen molar-refractivity contribution in [2.75, 3.05) is 6.54 Å². The highest BCUT2D eigenvalue weighted by molar-refractivity contribution is 9.10. The van der Waals surface area contributed by atoms with Crippen molar-refractivity contribution >= 4 is 15.9 Å². The van der Waals surface area contributed by atoms with Crippen LogP contribution in [0.25, 0.3) is 0 Å². The fourth-order valence-electron chi connectivity index (χ4n) is 2.14. The van der Waals surface area contributed by atoms with E-state index in [1.54, 1.807) is 0 Å². The molecule has 1 fully saturated rings. The van der Waals surface area contributed by atoms with Crippen LogP contribution >= 0.6 is 15.9 Å². The summed E-state index contributed by atoms with van der Waals surface area (Å²) in [7, 11) is 0.